The summed E-state index contributed by atoms with van der Waals surface area (Å²) >= 11 is 1.30. The Morgan fingerprint density at radius 2 is 2.04 bits per heavy atom. The molecule has 1 aromatic heterocycles. The highest BCUT2D eigenvalue weighted by Gasteiger charge is 2.32. The van der Waals surface area contributed by atoms with Crippen LogP contribution >= 0.6 is 11.3 Å². The van der Waals surface area contributed by atoms with Crippen molar-refractivity contribution >= 4 is 28.2 Å². The van der Waals surface area contributed by atoms with E-state index >= 15 is 0 Å². The van der Waals surface area contributed by atoms with Crippen molar-refractivity contribution in [1.29, 1.82) is 5.26 Å². The topological polar surface area (TPSA) is 105 Å². The second-order valence-corrected chi connectivity index (χ2v) is 8.47. The highest BCUT2D eigenvalue weighted by Crippen LogP contribution is 2.39. The summed E-state index contributed by atoms with van der Waals surface area (Å²) in [5, 5.41) is 15.2. The van der Waals surface area contributed by atoms with Crippen LogP contribution in [0.4, 0.5) is 5.00 Å². The lowest BCUT2D eigenvalue weighted by molar-refractivity contribution is -0.906. The Morgan fingerprint density at radius 3 is 2.74 bits per heavy atom. The van der Waals surface area contributed by atoms with Crippen molar-refractivity contribution < 1.29 is 24.0 Å². The fraction of sp³-hybridized carbons (Fsp3) is 0.611. The van der Waals surface area contributed by atoms with Crippen molar-refractivity contribution in [2.45, 2.75) is 32.5 Å². The molecule has 3 N–H and O–H groups in total. The lowest BCUT2D eigenvalue weighted by atomic mass is 9.93. The molecule has 2 aliphatic heterocycles. The molecule has 27 heavy (non-hydrogen) atoms. The van der Waals surface area contributed by atoms with Crippen LogP contribution in [-0.4, -0.2) is 56.8 Å². The van der Waals surface area contributed by atoms with E-state index in [0.717, 1.165) is 43.3 Å². The van der Waals surface area contributed by atoms with Crippen molar-refractivity contribution in [3.05, 3.63) is 16.0 Å². The molecule has 0 bridgehead atoms. The van der Waals surface area contributed by atoms with Gasteiger partial charge in [-0.3, -0.25) is 9.59 Å². The van der Waals surface area contributed by atoms with Crippen LogP contribution in [0.2, 0.25) is 0 Å². The number of rotatable bonds is 4. The third-order valence-electron chi connectivity index (χ3n) is 4.80. The van der Waals surface area contributed by atoms with Crippen LogP contribution in [0.1, 0.15) is 29.9 Å². The lowest BCUT2D eigenvalue weighted by Gasteiger charge is -2.29. The zero-order chi connectivity index (χ0) is 19.4. The average molecular weight is 393 g/mol. The fourth-order valence-corrected chi connectivity index (χ4v) is 4.34. The molecule has 2 aliphatic rings. The van der Waals surface area contributed by atoms with Crippen molar-refractivity contribution in [2.75, 3.05) is 44.7 Å². The van der Waals surface area contributed by atoms with Gasteiger partial charge in [-0.1, -0.05) is 0 Å². The van der Waals surface area contributed by atoms with Crippen LogP contribution in [0.15, 0.2) is 0 Å². The molecule has 2 amide bonds. The number of nitrogens with zero attached hydrogens (tertiary/aromatic N) is 1. The highest BCUT2D eigenvalue weighted by atomic mass is 32.1. The van der Waals surface area contributed by atoms with Crippen LogP contribution in [0, 0.1) is 11.3 Å². The first kappa shape index (κ1) is 19.8. The smallest absolute Gasteiger partial charge is 0.314 e. The molecule has 8 nitrogen and oxygen atoms in total. The lowest BCUT2D eigenvalue weighted by Crippen LogP contribution is -3.14. The minimum atomic E-state index is -0.748. The number of fused-ring (bicyclic) bond motifs is 1. The number of hydrogen-bond donors (Lipinski definition) is 3. The molecular formula is C18H25N4O4S+. The SMILES string of the molecule is CC1(C)Cc2c(sc(NC(=O)C(=O)NCC[NH+]3CCOCC3)c2C#N)CO1. The van der Waals surface area contributed by atoms with E-state index in [0.29, 0.717) is 30.1 Å². The van der Waals surface area contributed by atoms with Crippen molar-refractivity contribution in [3.63, 3.8) is 0 Å². The van der Waals surface area contributed by atoms with Gasteiger partial charge < -0.3 is 25.0 Å². The van der Waals surface area contributed by atoms with Crippen molar-refractivity contribution in [3.8, 4) is 6.07 Å². The summed E-state index contributed by atoms with van der Waals surface area (Å²) in [6, 6.07) is 2.17. The maximum absolute atomic E-state index is 12.2. The fourth-order valence-electron chi connectivity index (χ4n) is 3.26. The number of carbonyl (C=O) groups excluding carboxylic acids is 2. The molecule has 0 aliphatic carbocycles. The number of anilines is 1. The van der Waals surface area contributed by atoms with E-state index in [1.165, 1.54) is 16.2 Å². The van der Waals surface area contributed by atoms with Crippen LogP contribution in [0.25, 0.3) is 0 Å². The first-order chi connectivity index (χ1) is 12.9. The number of quaternary nitrogens is 1. The number of nitriles is 1. The maximum Gasteiger partial charge on any atom is 0.314 e. The minimum Gasteiger partial charge on any atom is -0.370 e. The van der Waals surface area contributed by atoms with Gasteiger partial charge in [0.2, 0.25) is 0 Å². The summed E-state index contributed by atoms with van der Waals surface area (Å²) in [6.07, 6.45) is 0.603. The van der Waals surface area contributed by atoms with Gasteiger partial charge >= 0.3 is 11.8 Å². The summed E-state index contributed by atoms with van der Waals surface area (Å²) < 4.78 is 11.1. The Bertz CT molecular complexity index is 762. The standard InChI is InChI=1S/C18H24N4O4S/c1-18(2)9-12-13(10-19)17(27-14(12)11-26-18)21-16(24)15(23)20-3-4-22-5-7-25-8-6-22/h3-9,11H2,1-2H3,(H,20,23)(H,21,24)/p+1. The van der Waals surface area contributed by atoms with Crippen molar-refractivity contribution in [2.24, 2.45) is 0 Å². The van der Waals surface area contributed by atoms with Gasteiger partial charge in [-0.25, -0.2) is 0 Å². The van der Waals surface area contributed by atoms with Gasteiger partial charge in [0.15, 0.2) is 0 Å². The van der Waals surface area contributed by atoms with Crippen LogP contribution in [-0.2, 0) is 32.1 Å². The third kappa shape index (κ3) is 4.84. The zero-order valence-corrected chi connectivity index (χ0v) is 16.5. The number of amides is 2. The van der Waals surface area contributed by atoms with Crippen LogP contribution in [0.5, 0.6) is 0 Å². The molecule has 1 aromatic rings. The normalized spacial score (nSPS) is 19.0. The predicted octanol–water partition coefficient (Wildman–Crippen LogP) is -0.559. The van der Waals surface area contributed by atoms with Crippen LogP contribution in [0.3, 0.4) is 0 Å². The van der Waals surface area contributed by atoms with Gasteiger partial charge in [0.05, 0.1) is 44.1 Å². The number of morpholine rings is 1. The molecule has 3 rings (SSSR count). The van der Waals surface area contributed by atoms with Crippen molar-refractivity contribution in [1.82, 2.24) is 5.32 Å². The zero-order valence-electron chi connectivity index (χ0n) is 15.6. The Kier molecular flexibility index (Phi) is 6.11. The van der Waals surface area contributed by atoms with E-state index in [2.05, 4.69) is 16.7 Å². The first-order valence-electron chi connectivity index (χ1n) is 9.09. The van der Waals surface area contributed by atoms with E-state index in [4.69, 9.17) is 9.47 Å². The van der Waals surface area contributed by atoms with Gasteiger partial charge in [-0.15, -0.1) is 11.3 Å². The Labute approximate surface area is 162 Å². The number of thiophene rings is 1. The number of nitrogens with one attached hydrogen (secondary N) is 3. The summed E-state index contributed by atoms with van der Waals surface area (Å²) in [5.74, 6) is -1.43. The van der Waals surface area contributed by atoms with E-state index < -0.39 is 11.8 Å². The molecule has 3 heterocycles. The quantitative estimate of drug-likeness (QED) is 0.595. The van der Waals surface area contributed by atoms with Gasteiger partial charge in [-0.2, -0.15) is 5.26 Å². The highest BCUT2D eigenvalue weighted by molar-refractivity contribution is 7.16. The molecule has 146 valence electrons. The summed E-state index contributed by atoms with van der Waals surface area (Å²) in [7, 11) is 0. The molecule has 0 saturated carbocycles. The summed E-state index contributed by atoms with van der Waals surface area (Å²) in [6.45, 7) is 8.80. The monoisotopic (exact) mass is 393 g/mol. The average Bonchev–Trinajstić information content (AvgIpc) is 2.97. The van der Waals surface area contributed by atoms with E-state index in [-0.39, 0.29) is 5.60 Å². The maximum atomic E-state index is 12.2. The predicted molar refractivity (Wildman–Crippen MR) is 99.6 cm³/mol. The second-order valence-electron chi connectivity index (χ2n) is 7.37. The van der Waals surface area contributed by atoms with E-state index in [1.807, 2.05) is 13.8 Å². The Hall–Kier alpha value is -1.99. The number of carbonyl (C=O) groups is 2. The molecule has 1 fully saturated rings. The first-order valence-corrected chi connectivity index (χ1v) is 9.90. The summed E-state index contributed by atoms with van der Waals surface area (Å²) in [4.78, 5) is 26.6. The largest absolute Gasteiger partial charge is 0.370 e. The molecule has 0 aromatic carbocycles. The second kappa shape index (κ2) is 8.35. The molecule has 0 unspecified atom stereocenters. The number of hydrogen-bond acceptors (Lipinski definition) is 6. The van der Waals surface area contributed by atoms with E-state index in [9.17, 15) is 14.9 Å². The van der Waals surface area contributed by atoms with Crippen LogP contribution < -0.4 is 15.5 Å². The summed E-state index contributed by atoms with van der Waals surface area (Å²) in [5.41, 5.74) is 0.996. The number of ether oxygens (including phenoxy) is 2. The van der Waals surface area contributed by atoms with Gasteiger partial charge in [0.1, 0.15) is 24.2 Å². The molecule has 0 spiro atoms. The molecule has 0 atom stereocenters. The minimum absolute atomic E-state index is 0.347. The van der Waals surface area contributed by atoms with Gasteiger partial charge in [0, 0.05) is 11.3 Å². The third-order valence-corrected chi connectivity index (χ3v) is 5.92. The Morgan fingerprint density at radius 1 is 1.30 bits per heavy atom. The molecule has 1 saturated heterocycles. The van der Waals surface area contributed by atoms with Gasteiger partial charge in [0.25, 0.3) is 0 Å². The Balaban J connectivity index is 1.56. The molecule has 9 heteroatoms. The molecule has 0 radical (unpaired) electrons. The van der Waals surface area contributed by atoms with E-state index in [1.54, 1.807) is 0 Å². The molecular weight excluding hydrogens is 368 g/mol. The van der Waals surface area contributed by atoms with Gasteiger partial charge in [-0.05, 0) is 19.4 Å².